The maximum absolute atomic E-state index is 13.7. The molecule has 0 heterocycles. The molecule has 0 spiro atoms. The summed E-state index contributed by atoms with van der Waals surface area (Å²) in [4.78, 5) is 28.5. The number of ether oxygens (including phenoxy) is 1. The van der Waals surface area contributed by atoms with Crippen LogP contribution in [0.5, 0.6) is 5.75 Å². The number of nitrogens with one attached hydrogen (secondary N) is 1. The highest BCUT2D eigenvalue weighted by atomic mass is 32.2. The van der Waals surface area contributed by atoms with Crippen LogP contribution >= 0.6 is 0 Å². The van der Waals surface area contributed by atoms with Gasteiger partial charge in [-0.05, 0) is 48.7 Å². The predicted molar refractivity (Wildman–Crippen MR) is 154 cm³/mol. The maximum Gasteiger partial charge on any atom is 0.243 e. The number of hydrogen-bond donors (Lipinski definition) is 1. The van der Waals surface area contributed by atoms with E-state index < -0.39 is 21.9 Å². The predicted octanol–water partition coefficient (Wildman–Crippen LogP) is 4.16. The Balaban J connectivity index is 1.87. The van der Waals surface area contributed by atoms with E-state index in [1.165, 1.54) is 28.4 Å². The normalized spacial score (nSPS) is 11.9. The summed E-state index contributed by atoms with van der Waals surface area (Å²) in [5.74, 6) is -0.613. The van der Waals surface area contributed by atoms with Crippen molar-refractivity contribution in [3.8, 4) is 5.75 Å². The van der Waals surface area contributed by atoms with Crippen molar-refractivity contribution in [2.45, 2.75) is 38.8 Å². The third-order valence-electron chi connectivity index (χ3n) is 6.39. The minimum absolute atomic E-state index is 0.00689. The topological polar surface area (TPSA) is 96.0 Å². The summed E-state index contributed by atoms with van der Waals surface area (Å²) in [5, 5.41) is 2.83. The molecule has 1 N–H and O–H groups in total. The molecule has 214 valence electrons. The number of sulfonamides is 1. The summed E-state index contributed by atoms with van der Waals surface area (Å²) in [6, 6.07) is 21.1. The number of hydrogen-bond acceptors (Lipinski definition) is 5. The van der Waals surface area contributed by atoms with Gasteiger partial charge in [-0.3, -0.25) is 13.9 Å². The third-order valence-corrected chi connectivity index (χ3v) is 7.57. The lowest BCUT2D eigenvalue weighted by molar-refractivity contribution is -0.141. The number of carbonyl (C=O) groups is 2. The van der Waals surface area contributed by atoms with Crippen molar-refractivity contribution in [2.75, 3.05) is 30.8 Å². The molecule has 2 amide bonds. The molecule has 3 aromatic carbocycles. The van der Waals surface area contributed by atoms with Gasteiger partial charge in [0.25, 0.3) is 0 Å². The second-order valence-electron chi connectivity index (χ2n) is 9.36. The molecular weight excluding hydrogens is 533 g/mol. The van der Waals surface area contributed by atoms with Gasteiger partial charge in [-0.1, -0.05) is 54.6 Å². The summed E-state index contributed by atoms with van der Waals surface area (Å²) in [5.41, 5.74) is 1.94. The number of halogens is 1. The van der Waals surface area contributed by atoms with E-state index in [0.29, 0.717) is 23.5 Å². The van der Waals surface area contributed by atoms with Crippen LogP contribution in [-0.4, -0.2) is 57.6 Å². The van der Waals surface area contributed by atoms with Crippen LogP contribution < -0.4 is 14.4 Å². The van der Waals surface area contributed by atoms with Crippen molar-refractivity contribution < 1.29 is 27.1 Å². The standard InChI is InChI=1S/C30H36FN3O5S/c1-4-32-30(36)27(21-23-11-6-5-7-12-23)33(22-24-16-18-25(31)19-17-24)29(35)15-10-20-34(40(3,37)38)26-13-8-9-14-28(26)39-2/h5-9,11-14,16-19,27H,4,10,15,20-22H2,1-3H3,(H,32,36)/t27-/m0/s1. The number of benzene rings is 3. The van der Waals surface area contributed by atoms with Gasteiger partial charge in [0.1, 0.15) is 17.6 Å². The van der Waals surface area contributed by atoms with E-state index in [0.717, 1.165) is 11.8 Å². The Hall–Kier alpha value is -3.92. The number of nitrogens with zero attached hydrogens (tertiary/aromatic N) is 2. The fraction of sp³-hybridized carbons (Fsp3) is 0.333. The smallest absolute Gasteiger partial charge is 0.243 e. The van der Waals surface area contributed by atoms with Crippen LogP contribution in [0.2, 0.25) is 0 Å². The highest BCUT2D eigenvalue weighted by Crippen LogP contribution is 2.30. The molecule has 0 aliphatic heterocycles. The zero-order chi connectivity index (χ0) is 29.1. The van der Waals surface area contributed by atoms with Crippen molar-refractivity contribution in [3.05, 3.63) is 95.8 Å². The Morgan fingerprint density at radius 2 is 1.60 bits per heavy atom. The molecular formula is C30H36FN3O5S. The number of carbonyl (C=O) groups excluding carboxylic acids is 2. The second kappa shape index (κ2) is 14.5. The molecule has 3 rings (SSSR count). The lowest BCUT2D eigenvalue weighted by atomic mass is 10.0. The number of para-hydroxylation sites is 2. The molecule has 40 heavy (non-hydrogen) atoms. The molecule has 0 aliphatic carbocycles. The van der Waals surface area contributed by atoms with Gasteiger partial charge >= 0.3 is 0 Å². The van der Waals surface area contributed by atoms with E-state index in [1.807, 2.05) is 30.3 Å². The monoisotopic (exact) mass is 569 g/mol. The van der Waals surface area contributed by atoms with E-state index in [1.54, 1.807) is 43.3 Å². The molecule has 0 bridgehead atoms. The van der Waals surface area contributed by atoms with Gasteiger partial charge in [0.2, 0.25) is 21.8 Å². The second-order valence-corrected chi connectivity index (χ2v) is 11.3. The van der Waals surface area contributed by atoms with Gasteiger partial charge in [0.05, 0.1) is 19.1 Å². The Kier molecular flexibility index (Phi) is 11.1. The van der Waals surface area contributed by atoms with Gasteiger partial charge in [0.15, 0.2) is 0 Å². The number of likely N-dealkylation sites (N-methyl/N-ethyl adjacent to an activating group) is 1. The SMILES string of the molecule is CCNC(=O)[C@H](Cc1ccccc1)N(Cc1ccc(F)cc1)C(=O)CCCN(c1ccccc1OC)S(C)(=O)=O. The molecule has 0 aromatic heterocycles. The molecule has 0 unspecified atom stereocenters. The summed E-state index contributed by atoms with van der Waals surface area (Å²) in [6.45, 7) is 2.34. The Labute approximate surface area is 235 Å². The first kappa shape index (κ1) is 30.6. The molecule has 1 atom stereocenters. The average Bonchev–Trinajstić information content (AvgIpc) is 2.94. The molecule has 0 radical (unpaired) electrons. The fourth-order valence-electron chi connectivity index (χ4n) is 4.45. The molecule has 0 fully saturated rings. The molecule has 8 nitrogen and oxygen atoms in total. The van der Waals surface area contributed by atoms with Crippen molar-refractivity contribution in [2.24, 2.45) is 0 Å². The van der Waals surface area contributed by atoms with Gasteiger partial charge in [-0.25, -0.2) is 12.8 Å². The zero-order valence-electron chi connectivity index (χ0n) is 23.0. The van der Waals surface area contributed by atoms with Gasteiger partial charge in [-0.2, -0.15) is 0 Å². The van der Waals surface area contributed by atoms with E-state index in [2.05, 4.69) is 5.32 Å². The number of methoxy groups -OCH3 is 1. The number of rotatable bonds is 14. The Morgan fingerprint density at radius 3 is 2.23 bits per heavy atom. The molecule has 0 saturated heterocycles. The highest BCUT2D eigenvalue weighted by molar-refractivity contribution is 7.92. The van der Waals surface area contributed by atoms with Gasteiger partial charge < -0.3 is 15.0 Å². The lowest BCUT2D eigenvalue weighted by Crippen LogP contribution is -2.50. The summed E-state index contributed by atoms with van der Waals surface area (Å²) < 4.78 is 45.4. The largest absolute Gasteiger partial charge is 0.495 e. The Bertz CT molecular complexity index is 1370. The van der Waals surface area contributed by atoms with Crippen LogP contribution in [0, 0.1) is 5.82 Å². The first-order valence-corrected chi connectivity index (χ1v) is 14.9. The van der Waals surface area contributed by atoms with Crippen LogP contribution in [0.4, 0.5) is 10.1 Å². The van der Waals surface area contributed by atoms with Crippen LogP contribution in [-0.2, 0) is 32.6 Å². The van der Waals surface area contributed by atoms with E-state index in [-0.39, 0.29) is 44.2 Å². The minimum atomic E-state index is -3.67. The van der Waals surface area contributed by atoms with Crippen LogP contribution in [0.1, 0.15) is 30.9 Å². The van der Waals surface area contributed by atoms with E-state index in [4.69, 9.17) is 4.74 Å². The van der Waals surface area contributed by atoms with Gasteiger partial charge in [0, 0.05) is 32.5 Å². The Morgan fingerprint density at radius 1 is 0.950 bits per heavy atom. The third kappa shape index (κ3) is 8.54. The molecule has 3 aromatic rings. The maximum atomic E-state index is 13.7. The zero-order valence-corrected chi connectivity index (χ0v) is 23.9. The van der Waals surface area contributed by atoms with Gasteiger partial charge in [-0.15, -0.1) is 0 Å². The van der Waals surface area contributed by atoms with Crippen molar-refractivity contribution in [1.29, 1.82) is 0 Å². The summed E-state index contributed by atoms with van der Waals surface area (Å²) >= 11 is 0. The van der Waals surface area contributed by atoms with Crippen LogP contribution in [0.3, 0.4) is 0 Å². The molecule has 0 saturated carbocycles. The molecule has 10 heteroatoms. The first-order valence-electron chi connectivity index (χ1n) is 13.1. The highest BCUT2D eigenvalue weighted by Gasteiger charge is 2.30. The van der Waals surface area contributed by atoms with E-state index in [9.17, 15) is 22.4 Å². The number of amides is 2. The fourth-order valence-corrected chi connectivity index (χ4v) is 5.42. The lowest BCUT2D eigenvalue weighted by Gasteiger charge is -2.32. The van der Waals surface area contributed by atoms with Crippen molar-refractivity contribution >= 4 is 27.5 Å². The summed E-state index contributed by atoms with van der Waals surface area (Å²) in [6.07, 6.45) is 1.59. The van der Waals surface area contributed by atoms with Crippen molar-refractivity contribution in [1.82, 2.24) is 10.2 Å². The van der Waals surface area contributed by atoms with Crippen molar-refractivity contribution in [3.63, 3.8) is 0 Å². The van der Waals surface area contributed by atoms with Crippen LogP contribution in [0.25, 0.3) is 0 Å². The van der Waals surface area contributed by atoms with E-state index >= 15 is 0 Å². The molecule has 0 aliphatic rings. The summed E-state index contributed by atoms with van der Waals surface area (Å²) in [7, 11) is -2.21. The minimum Gasteiger partial charge on any atom is -0.495 e. The quantitative estimate of drug-likeness (QED) is 0.315. The van der Waals surface area contributed by atoms with Crippen LogP contribution in [0.15, 0.2) is 78.9 Å². The average molecular weight is 570 g/mol. The first-order chi connectivity index (χ1) is 19.1. The number of anilines is 1.